The first-order valence-electron chi connectivity index (χ1n) is 8.37. The van der Waals surface area contributed by atoms with Gasteiger partial charge in [0.2, 0.25) is 5.91 Å². The maximum absolute atomic E-state index is 11.8. The topological polar surface area (TPSA) is 35.6 Å². The van der Waals surface area contributed by atoms with Crippen LogP contribution >= 0.6 is 0 Å². The van der Waals surface area contributed by atoms with Crippen molar-refractivity contribution in [2.45, 2.75) is 51.5 Å². The third-order valence-electron chi connectivity index (χ3n) is 4.48. The lowest BCUT2D eigenvalue weighted by molar-refractivity contribution is -0.122. The Morgan fingerprint density at radius 1 is 1.25 bits per heavy atom. The fourth-order valence-electron chi connectivity index (χ4n) is 2.99. The first-order valence-corrected chi connectivity index (χ1v) is 8.37. The molecule has 1 saturated carbocycles. The van der Waals surface area contributed by atoms with E-state index in [0.29, 0.717) is 12.6 Å². The number of unbranched alkanes of at least 4 members (excludes halogenated alkanes) is 1. The van der Waals surface area contributed by atoms with E-state index in [4.69, 9.17) is 0 Å². The van der Waals surface area contributed by atoms with Crippen LogP contribution in [0.3, 0.4) is 0 Å². The molecule has 0 atom stereocenters. The highest BCUT2D eigenvalue weighted by atomic mass is 16.2. The van der Waals surface area contributed by atoms with E-state index in [1.807, 2.05) is 0 Å². The van der Waals surface area contributed by atoms with Crippen LogP contribution in [-0.2, 0) is 4.79 Å². The molecule has 0 spiro atoms. The lowest BCUT2D eigenvalue weighted by atomic mass is 9.96. The van der Waals surface area contributed by atoms with Crippen LogP contribution in [0.2, 0.25) is 0 Å². The highest BCUT2D eigenvalue weighted by molar-refractivity contribution is 5.78. The first kappa shape index (κ1) is 15.8. The molecular weight excluding hydrogens is 250 g/mol. The summed E-state index contributed by atoms with van der Waals surface area (Å²) in [5, 5.41) is 3.08. The van der Waals surface area contributed by atoms with Gasteiger partial charge in [0.15, 0.2) is 0 Å². The lowest BCUT2D eigenvalue weighted by Crippen LogP contribution is -2.43. The molecule has 1 saturated heterocycles. The molecule has 20 heavy (non-hydrogen) atoms. The van der Waals surface area contributed by atoms with Crippen molar-refractivity contribution in [2.24, 2.45) is 5.92 Å². The molecule has 0 unspecified atom stereocenters. The Morgan fingerprint density at radius 2 is 1.95 bits per heavy atom. The average molecular weight is 281 g/mol. The van der Waals surface area contributed by atoms with E-state index in [0.717, 1.165) is 19.0 Å². The van der Waals surface area contributed by atoms with Gasteiger partial charge < -0.3 is 10.2 Å². The van der Waals surface area contributed by atoms with E-state index in [2.05, 4.69) is 29.1 Å². The van der Waals surface area contributed by atoms with Crippen molar-refractivity contribution < 1.29 is 4.79 Å². The van der Waals surface area contributed by atoms with Gasteiger partial charge in [-0.25, -0.2) is 0 Å². The van der Waals surface area contributed by atoms with Gasteiger partial charge in [0.25, 0.3) is 0 Å². The Morgan fingerprint density at radius 3 is 2.55 bits per heavy atom. The first-order chi connectivity index (χ1) is 9.67. The van der Waals surface area contributed by atoms with Crippen molar-refractivity contribution in [1.82, 2.24) is 15.1 Å². The second-order valence-electron chi connectivity index (χ2n) is 6.68. The second kappa shape index (κ2) is 7.99. The minimum Gasteiger partial charge on any atom is -0.352 e. The smallest absolute Gasteiger partial charge is 0.234 e. The van der Waals surface area contributed by atoms with Crippen LogP contribution in [-0.4, -0.2) is 61.5 Å². The van der Waals surface area contributed by atoms with E-state index in [1.165, 1.54) is 51.6 Å². The predicted molar refractivity (Wildman–Crippen MR) is 82.7 cm³/mol. The summed E-state index contributed by atoms with van der Waals surface area (Å²) in [6, 6.07) is 0.493. The number of amides is 1. The van der Waals surface area contributed by atoms with Crippen molar-refractivity contribution in [2.75, 3.05) is 39.8 Å². The van der Waals surface area contributed by atoms with Gasteiger partial charge in [-0.15, -0.1) is 0 Å². The van der Waals surface area contributed by atoms with Crippen LogP contribution in [0, 0.1) is 5.92 Å². The zero-order chi connectivity index (χ0) is 14.4. The van der Waals surface area contributed by atoms with Crippen LogP contribution in [0.25, 0.3) is 0 Å². The van der Waals surface area contributed by atoms with Crippen LogP contribution < -0.4 is 5.32 Å². The van der Waals surface area contributed by atoms with Gasteiger partial charge in [-0.1, -0.05) is 13.3 Å². The summed E-state index contributed by atoms with van der Waals surface area (Å²) in [4.78, 5) is 16.6. The predicted octanol–water partition coefficient (Wildman–Crippen LogP) is 1.71. The fourth-order valence-corrected chi connectivity index (χ4v) is 2.99. The van der Waals surface area contributed by atoms with Crippen LogP contribution in [0.1, 0.15) is 45.4 Å². The molecule has 4 nitrogen and oxygen atoms in total. The summed E-state index contributed by atoms with van der Waals surface area (Å²) in [6.07, 6.45) is 7.42. The monoisotopic (exact) mass is 281 g/mol. The molecule has 2 rings (SSSR count). The summed E-state index contributed by atoms with van der Waals surface area (Å²) in [5.74, 6) is 1.05. The minimum absolute atomic E-state index is 0.228. The third kappa shape index (κ3) is 5.80. The SMILES string of the molecule is CCCCN(C)CC1CCN(CC(=O)NC2CC2)CC1. The number of hydrogen-bond donors (Lipinski definition) is 1. The maximum atomic E-state index is 11.8. The summed E-state index contributed by atoms with van der Waals surface area (Å²) in [5.41, 5.74) is 0. The molecule has 1 heterocycles. The zero-order valence-electron chi connectivity index (χ0n) is 13.2. The molecule has 116 valence electrons. The number of nitrogens with one attached hydrogen (secondary N) is 1. The normalized spacial score (nSPS) is 21.4. The number of carbonyl (C=O) groups is 1. The summed E-state index contributed by atoms with van der Waals surface area (Å²) < 4.78 is 0. The van der Waals surface area contributed by atoms with Crippen molar-refractivity contribution in [3.05, 3.63) is 0 Å². The number of hydrogen-bond acceptors (Lipinski definition) is 3. The largest absolute Gasteiger partial charge is 0.352 e. The Balaban J connectivity index is 1.58. The van der Waals surface area contributed by atoms with Crippen molar-refractivity contribution in [1.29, 1.82) is 0 Å². The zero-order valence-corrected chi connectivity index (χ0v) is 13.2. The van der Waals surface area contributed by atoms with E-state index in [1.54, 1.807) is 0 Å². The van der Waals surface area contributed by atoms with Gasteiger partial charge in [-0.2, -0.15) is 0 Å². The summed E-state index contributed by atoms with van der Waals surface area (Å²) >= 11 is 0. The van der Waals surface area contributed by atoms with Crippen LogP contribution in [0.4, 0.5) is 0 Å². The molecule has 1 amide bonds. The Bertz CT molecular complexity index is 296. The average Bonchev–Trinajstić information content (AvgIpc) is 3.22. The molecular formula is C16H31N3O. The second-order valence-corrected chi connectivity index (χ2v) is 6.68. The molecule has 0 aromatic rings. The van der Waals surface area contributed by atoms with Crippen LogP contribution in [0.5, 0.6) is 0 Å². The van der Waals surface area contributed by atoms with Gasteiger partial charge in [-0.3, -0.25) is 9.69 Å². The summed E-state index contributed by atoms with van der Waals surface area (Å²) in [6.45, 7) is 7.48. The molecule has 1 aliphatic carbocycles. The highest BCUT2D eigenvalue weighted by Crippen LogP contribution is 2.20. The standard InChI is InChI=1S/C16H31N3O/c1-3-4-9-18(2)12-14-7-10-19(11-8-14)13-16(20)17-15-5-6-15/h14-15H,3-13H2,1-2H3,(H,17,20). The number of likely N-dealkylation sites (tertiary alicyclic amines) is 1. The van der Waals surface area contributed by atoms with Gasteiger partial charge >= 0.3 is 0 Å². The van der Waals surface area contributed by atoms with Gasteiger partial charge in [0.05, 0.1) is 6.54 Å². The third-order valence-corrected chi connectivity index (χ3v) is 4.48. The molecule has 4 heteroatoms. The molecule has 0 aromatic heterocycles. The highest BCUT2D eigenvalue weighted by Gasteiger charge is 2.25. The molecule has 2 fully saturated rings. The molecule has 0 aromatic carbocycles. The van der Waals surface area contributed by atoms with Crippen molar-refractivity contribution in [3.8, 4) is 0 Å². The van der Waals surface area contributed by atoms with Gasteiger partial charge in [0.1, 0.15) is 0 Å². The van der Waals surface area contributed by atoms with E-state index in [-0.39, 0.29) is 5.91 Å². The Kier molecular flexibility index (Phi) is 6.30. The van der Waals surface area contributed by atoms with Crippen molar-refractivity contribution >= 4 is 5.91 Å². The molecule has 2 aliphatic rings. The maximum Gasteiger partial charge on any atom is 0.234 e. The van der Waals surface area contributed by atoms with Crippen LogP contribution in [0.15, 0.2) is 0 Å². The van der Waals surface area contributed by atoms with Gasteiger partial charge in [0, 0.05) is 12.6 Å². The Hall–Kier alpha value is -0.610. The number of piperidine rings is 1. The van der Waals surface area contributed by atoms with E-state index >= 15 is 0 Å². The number of rotatable bonds is 8. The molecule has 0 radical (unpaired) electrons. The lowest BCUT2D eigenvalue weighted by Gasteiger charge is -2.33. The molecule has 0 bridgehead atoms. The quantitative estimate of drug-likeness (QED) is 0.736. The number of nitrogens with zero attached hydrogens (tertiary/aromatic N) is 2. The molecule has 1 N–H and O–H groups in total. The molecule has 1 aliphatic heterocycles. The Labute approximate surface area is 123 Å². The minimum atomic E-state index is 0.228. The van der Waals surface area contributed by atoms with Gasteiger partial charge in [-0.05, 0) is 64.7 Å². The summed E-state index contributed by atoms with van der Waals surface area (Å²) in [7, 11) is 2.24. The van der Waals surface area contributed by atoms with E-state index in [9.17, 15) is 4.79 Å². The fraction of sp³-hybridized carbons (Fsp3) is 0.938. The number of carbonyl (C=O) groups excluding carboxylic acids is 1. The van der Waals surface area contributed by atoms with Crippen molar-refractivity contribution in [3.63, 3.8) is 0 Å². The van der Waals surface area contributed by atoms with E-state index < -0.39 is 0 Å².